The Kier molecular flexibility index (Phi) is 3.57. The molecule has 2 aromatic heterocycles. The summed E-state index contributed by atoms with van der Waals surface area (Å²) in [6, 6.07) is 11.6. The van der Waals surface area contributed by atoms with Gasteiger partial charge in [-0.3, -0.25) is 9.78 Å². The number of carbonyl (C=O) groups excluding carboxylic acids is 1. The molecule has 0 bridgehead atoms. The molecule has 0 spiro atoms. The molecule has 3 aromatic rings. The molecule has 0 aliphatic heterocycles. The fourth-order valence-electron chi connectivity index (χ4n) is 2.41. The number of aryl methyl sites for hydroxylation is 1. The second-order valence-corrected chi connectivity index (χ2v) is 6.07. The quantitative estimate of drug-likeness (QED) is 0.802. The predicted molar refractivity (Wildman–Crippen MR) is 89.8 cm³/mol. The number of hydrogen-bond acceptors (Lipinski definition) is 4. The van der Waals surface area contributed by atoms with Crippen molar-refractivity contribution in [1.82, 2.24) is 25.3 Å². The van der Waals surface area contributed by atoms with Crippen LogP contribution in [0.1, 0.15) is 28.8 Å². The van der Waals surface area contributed by atoms with E-state index in [2.05, 4.69) is 20.6 Å². The Balaban J connectivity index is 1.59. The molecule has 0 atom stereocenters. The third kappa shape index (κ3) is 3.03. The van der Waals surface area contributed by atoms with E-state index >= 15 is 0 Å². The fourth-order valence-corrected chi connectivity index (χ4v) is 2.41. The van der Waals surface area contributed by atoms with Crippen LogP contribution >= 0.6 is 0 Å². The number of pyridine rings is 1. The molecule has 6 heteroatoms. The van der Waals surface area contributed by atoms with E-state index in [1.807, 2.05) is 43.5 Å². The van der Waals surface area contributed by atoms with Gasteiger partial charge in [0, 0.05) is 17.8 Å². The average molecular weight is 319 g/mol. The molecule has 1 aliphatic rings. The summed E-state index contributed by atoms with van der Waals surface area (Å²) in [6.07, 6.45) is 5.76. The van der Waals surface area contributed by atoms with Crippen molar-refractivity contribution in [3.05, 3.63) is 59.9 Å². The van der Waals surface area contributed by atoms with Crippen molar-refractivity contribution in [3.8, 4) is 17.1 Å². The van der Waals surface area contributed by atoms with Crippen LogP contribution in [0.2, 0.25) is 0 Å². The van der Waals surface area contributed by atoms with Crippen molar-refractivity contribution >= 4 is 5.91 Å². The number of aromatic nitrogens is 4. The Morgan fingerprint density at radius 3 is 2.83 bits per heavy atom. The van der Waals surface area contributed by atoms with Crippen molar-refractivity contribution in [2.75, 3.05) is 0 Å². The predicted octanol–water partition coefficient (Wildman–Crippen LogP) is 2.53. The van der Waals surface area contributed by atoms with Crippen LogP contribution in [0.15, 0.2) is 48.8 Å². The number of rotatable bonds is 4. The first-order chi connectivity index (χ1) is 11.7. The van der Waals surface area contributed by atoms with E-state index in [9.17, 15) is 4.79 Å². The zero-order valence-corrected chi connectivity index (χ0v) is 13.3. The maximum Gasteiger partial charge on any atom is 0.251 e. The molecule has 0 unspecified atom stereocenters. The van der Waals surface area contributed by atoms with Crippen LogP contribution in [0.4, 0.5) is 0 Å². The van der Waals surface area contributed by atoms with Crippen molar-refractivity contribution in [2.24, 2.45) is 0 Å². The van der Waals surface area contributed by atoms with E-state index in [-0.39, 0.29) is 5.91 Å². The summed E-state index contributed by atoms with van der Waals surface area (Å²) in [6.45, 7) is 1.99. The fraction of sp³-hybridized carbons (Fsp3) is 0.222. The first-order valence-corrected chi connectivity index (χ1v) is 7.96. The maximum atomic E-state index is 12.2. The number of carbonyl (C=O) groups is 1. The van der Waals surface area contributed by atoms with Gasteiger partial charge in [0.25, 0.3) is 5.91 Å². The SMILES string of the molecule is Cc1ccc(-c2cn(-c3cccc(C(=O)NC4CC4)c3)nn2)nc1. The second kappa shape index (κ2) is 5.88. The Hall–Kier alpha value is -3.02. The smallest absolute Gasteiger partial charge is 0.251 e. The van der Waals surface area contributed by atoms with E-state index in [1.54, 1.807) is 16.9 Å². The molecule has 1 aromatic carbocycles. The minimum atomic E-state index is -0.0418. The summed E-state index contributed by atoms with van der Waals surface area (Å²) in [5.41, 5.74) is 3.99. The van der Waals surface area contributed by atoms with Crippen LogP contribution in [0.25, 0.3) is 17.1 Å². The lowest BCUT2D eigenvalue weighted by Gasteiger charge is -2.05. The summed E-state index contributed by atoms with van der Waals surface area (Å²) in [4.78, 5) is 16.5. The van der Waals surface area contributed by atoms with Gasteiger partial charge in [-0.15, -0.1) is 5.10 Å². The summed E-state index contributed by atoms with van der Waals surface area (Å²) < 4.78 is 1.66. The molecule has 4 rings (SSSR count). The Morgan fingerprint density at radius 2 is 2.08 bits per heavy atom. The normalized spacial score (nSPS) is 13.7. The molecule has 1 amide bonds. The molecule has 6 nitrogen and oxygen atoms in total. The molecule has 1 N–H and O–H groups in total. The molecule has 1 aliphatic carbocycles. The third-order valence-electron chi connectivity index (χ3n) is 3.95. The Bertz CT molecular complexity index is 880. The molecular formula is C18H17N5O. The zero-order valence-electron chi connectivity index (χ0n) is 13.3. The molecule has 0 radical (unpaired) electrons. The molecule has 1 saturated carbocycles. The Labute approximate surface area is 139 Å². The zero-order chi connectivity index (χ0) is 16.5. The van der Waals surface area contributed by atoms with E-state index in [1.165, 1.54) is 0 Å². The lowest BCUT2D eigenvalue weighted by atomic mass is 10.2. The van der Waals surface area contributed by atoms with Crippen LogP contribution < -0.4 is 5.32 Å². The lowest BCUT2D eigenvalue weighted by Crippen LogP contribution is -2.25. The van der Waals surface area contributed by atoms with Crippen molar-refractivity contribution in [2.45, 2.75) is 25.8 Å². The van der Waals surface area contributed by atoms with E-state index in [0.717, 1.165) is 29.8 Å². The summed E-state index contributed by atoms with van der Waals surface area (Å²) in [7, 11) is 0. The van der Waals surface area contributed by atoms with Gasteiger partial charge in [0.05, 0.1) is 17.6 Å². The largest absolute Gasteiger partial charge is 0.349 e. The van der Waals surface area contributed by atoms with Gasteiger partial charge >= 0.3 is 0 Å². The first-order valence-electron chi connectivity index (χ1n) is 7.96. The summed E-state index contributed by atoms with van der Waals surface area (Å²) >= 11 is 0. The van der Waals surface area contributed by atoms with Crippen LogP contribution in [0, 0.1) is 6.92 Å². The second-order valence-electron chi connectivity index (χ2n) is 6.07. The topological polar surface area (TPSA) is 72.7 Å². The number of benzene rings is 1. The van der Waals surface area contributed by atoms with Gasteiger partial charge in [-0.1, -0.05) is 17.3 Å². The van der Waals surface area contributed by atoms with E-state index in [4.69, 9.17) is 0 Å². The number of nitrogens with zero attached hydrogens (tertiary/aromatic N) is 4. The van der Waals surface area contributed by atoms with Crippen LogP contribution in [-0.2, 0) is 0 Å². The lowest BCUT2D eigenvalue weighted by molar-refractivity contribution is 0.0951. The Morgan fingerprint density at radius 1 is 1.21 bits per heavy atom. The summed E-state index contributed by atoms with van der Waals surface area (Å²) in [5, 5.41) is 11.3. The molecule has 1 fully saturated rings. The highest BCUT2D eigenvalue weighted by atomic mass is 16.1. The third-order valence-corrected chi connectivity index (χ3v) is 3.95. The minimum absolute atomic E-state index is 0.0418. The first kappa shape index (κ1) is 14.6. The number of hydrogen-bond donors (Lipinski definition) is 1. The molecule has 2 heterocycles. The van der Waals surface area contributed by atoms with E-state index in [0.29, 0.717) is 17.3 Å². The maximum absolute atomic E-state index is 12.2. The summed E-state index contributed by atoms with van der Waals surface area (Å²) in [5.74, 6) is -0.0418. The minimum Gasteiger partial charge on any atom is -0.349 e. The highest BCUT2D eigenvalue weighted by Gasteiger charge is 2.23. The monoisotopic (exact) mass is 319 g/mol. The van der Waals surface area contributed by atoms with Crippen molar-refractivity contribution in [3.63, 3.8) is 0 Å². The van der Waals surface area contributed by atoms with Gasteiger partial charge in [0.15, 0.2) is 0 Å². The van der Waals surface area contributed by atoms with Gasteiger partial charge in [-0.25, -0.2) is 4.68 Å². The standard InChI is InChI=1S/C18H17N5O/c1-12-5-8-16(19-10-12)17-11-23(22-21-17)15-4-2-3-13(9-15)18(24)20-14-6-7-14/h2-5,8-11,14H,6-7H2,1H3,(H,20,24). The molecule has 120 valence electrons. The van der Waals surface area contributed by atoms with Crippen molar-refractivity contribution in [1.29, 1.82) is 0 Å². The van der Waals surface area contributed by atoms with Crippen molar-refractivity contribution < 1.29 is 4.79 Å². The van der Waals surface area contributed by atoms with Gasteiger partial charge in [-0.2, -0.15) is 0 Å². The number of nitrogens with one attached hydrogen (secondary N) is 1. The highest BCUT2D eigenvalue weighted by molar-refractivity contribution is 5.95. The number of amides is 1. The van der Waals surface area contributed by atoms with E-state index < -0.39 is 0 Å². The van der Waals surface area contributed by atoms with Crippen LogP contribution in [0.3, 0.4) is 0 Å². The molecule has 0 saturated heterocycles. The van der Waals surface area contributed by atoms with Crippen LogP contribution in [-0.4, -0.2) is 31.9 Å². The average Bonchev–Trinajstić information content (AvgIpc) is 3.28. The molecular weight excluding hydrogens is 302 g/mol. The van der Waals surface area contributed by atoms with Gasteiger partial charge in [0.2, 0.25) is 0 Å². The van der Waals surface area contributed by atoms with Crippen LogP contribution in [0.5, 0.6) is 0 Å². The molecule has 24 heavy (non-hydrogen) atoms. The van der Waals surface area contributed by atoms with Gasteiger partial charge in [0.1, 0.15) is 5.69 Å². The highest BCUT2D eigenvalue weighted by Crippen LogP contribution is 2.20. The van der Waals surface area contributed by atoms with Gasteiger partial charge < -0.3 is 5.32 Å². The van der Waals surface area contributed by atoms with Gasteiger partial charge in [-0.05, 0) is 49.6 Å².